The van der Waals surface area contributed by atoms with Crippen molar-refractivity contribution in [1.29, 1.82) is 0 Å². The number of rotatable bonds is 5. The van der Waals surface area contributed by atoms with Crippen molar-refractivity contribution >= 4 is 21.6 Å². The average molecular weight is 404 g/mol. The van der Waals surface area contributed by atoms with Crippen molar-refractivity contribution in [3.63, 3.8) is 0 Å². The fourth-order valence-corrected chi connectivity index (χ4v) is 4.05. The summed E-state index contributed by atoms with van der Waals surface area (Å²) in [6.07, 6.45) is 0.481. The molecule has 148 valence electrons. The zero-order chi connectivity index (χ0) is 20.3. The van der Waals surface area contributed by atoms with E-state index in [4.69, 9.17) is 4.74 Å². The second-order valence-corrected chi connectivity index (χ2v) is 8.30. The highest BCUT2D eigenvalue weighted by atomic mass is 32.2. The summed E-state index contributed by atoms with van der Waals surface area (Å²) in [5.41, 5.74) is 2.46. The number of ether oxygens (including phenoxy) is 1. The number of amides is 1. The van der Waals surface area contributed by atoms with Crippen molar-refractivity contribution in [1.82, 2.24) is 4.72 Å². The van der Waals surface area contributed by atoms with Gasteiger partial charge in [0.2, 0.25) is 0 Å². The van der Waals surface area contributed by atoms with Crippen LogP contribution in [0.3, 0.4) is 0 Å². The summed E-state index contributed by atoms with van der Waals surface area (Å²) in [7, 11) is -3.83. The molecule has 28 heavy (non-hydrogen) atoms. The van der Waals surface area contributed by atoms with Crippen molar-refractivity contribution in [2.45, 2.75) is 25.2 Å². The second kappa shape index (κ2) is 8.12. The Morgan fingerprint density at radius 3 is 2.64 bits per heavy atom. The fourth-order valence-electron chi connectivity index (χ4n) is 2.79. The lowest BCUT2D eigenvalue weighted by Crippen LogP contribution is -2.28. The predicted octanol–water partition coefficient (Wildman–Crippen LogP) is 3.36. The van der Waals surface area contributed by atoms with Crippen LogP contribution in [0.25, 0.3) is 0 Å². The number of benzene rings is 2. The topological polar surface area (TPSA) is 84.5 Å². The summed E-state index contributed by atoms with van der Waals surface area (Å²) in [5, 5.41) is 2.65. The van der Waals surface area contributed by atoms with Crippen LogP contribution in [0.2, 0.25) is 0 Å². The smallest absolute Gasteiger partial charge is 0.261 e. The van der Waals surface area contributed by atoms with Crippen molar-refractivity contribution in [3.8, 4) is 0 Å². The monoisotopic (exact) mass is 404 g/mol. The van der Waals surface area contributed by atoms with E-state index >= 15 is 0 Å². The van der Waals surface area contributed by atoms with Gasteiger partial charge in [0.05, 0.1) is 18.1 Å². The standard InChI is InChI=1S/C20H21FN2O4S/c1-13-10-16(6-7-18(13)21)22-20(24)15-4-3-5-17(11-15)28(25,26)23-19-8-9-27-12-14(19)2/h3-7,10-11,23H,8-9,12H2,1-2H3,(H,22,24). The second-order valence-electron chi connectivity index (χ2n) is 6.61. The molecule has 2 N–H and O–H groups in total. The van der Waals surface area contributed by atoms with Crippen molar-refractivity contribution in [2.75, 3.05) is 18.5 Å². The van der Waals surface area contributed by atoms with Crippen LogP contribution < -0.4 is 10.0 Å². The molecule has 1 aliphatic heterocycles. The first kappa shape index (κ1) is 20.0. The highest BCUT2D eigenvalue weighted by Gasteiger charge is 2.20. The fraction of sp³-hybridized carbons (Fsp3) is 0.250. The van der Waals surface area contributed by atoms with Crippen LogP contribution in [-0.4, -0.2) is 27.5 Å². The number of aryl methyl sites for hydroxylation is 1. The van der Waals surface area contributed by atoms with E-state index in [1.807, 2.05) is 6.92 Å². The summed E-state index contributed by atoms with van der Waals surface area (Å²) >= 11 is 0. The van der Waals surface area contributed by atoms with E-state index in [0.717, 1.165) is 5.57 Å². The minimum absolute atomic E-state index is 0.0118. The Kier molecular flexibility index (Phi) is 5.81. The van der Waals surface area contributed by atoms with E-state index in [9.17, 15) is 17.6 Å². The van der Waals surface area contributed by atoms with E-state index < -0.39 is 15.9 Å². The molecule has 0 saturated heterocycles. The van der Waals surface area contributed by atoms with Gasteiger partial charge >= 0.3 is 0 Å². The molecule has 6 nitrogen and oxygen atoms in total. The van der Waals surface area contributed by atoms with Crippen LogP contribution in [0.1, 0.15) is 29.3 Å². The van der Waals surface area contributed by atoms with Crippen LogP contribution in [0, 0.1) is 12.7 Å². The van der Waals surface area contributed by atoms with Crippen LogP contribution in [0.15, 0.2) is 58.6 Å². The normalized spacial score (nSPS) is 14.7. The molecule has 2 aromatic carbocycles. The molecular formula is C20H21FN2O4S. The number of sulfonamides is 1. The van der Waals surface area contributed by atoms with Gasteiger partial charge in [-0.25, -0.2) is 12.8 Å². The van der Waals surface area contributed by atoms with E-state index in [1.165, 1.54) is 42.5 Å². The highest BCUT2D eigenvalue weighted by Crippen LogP contribution is 2.19. The molecule has 0 fully saturated rings. The Morgan fingerprint density at radius 1 is 1.14 bits per heavy atom. The number of halogens is 1. The zero-order valence-corrected chi connectivity index (χ0v) is 16.4. The lowest BCUT2D eigenvalue weighted by Gasteiger charge is -2.20. The van der Waals surface area contributed by atoms with E-state index in [0.29, 0.717) is 36.6 Å². The number of carbonyl (C=O) groups is 1. The molecule has 3 rings (SSSR count). The van der Waals surface area contributed by atoms with Gasteiger partial charge in [-0.3, -0.25) is 9.52 Å². The molecule has 0 saturated carbocycles. The lowest BCUT2D eigenvalue weighted by molar-refractivity contribution is 0.102. The molecule has 1 aliphatic rings. The first-order valence-electron chi connectivity index (χ1n) is 8.73. The van der Waals surface area contributed by atoms with Crippen LogP contribution in [0.5, 0.6) is 0 Å². The maximum Gasteiger partial charge on any atom is 0.261 e. The predicted molar refractivity (Wildman–Crippen MR) is 104 cm³/mol. The van der Waals surface area contributed by atoms with Crippen LogP contribution in [0.4, 0.5) is 10.1 Å². The summed E-state index contributed by atoms with van der Waals surface area (Å²) in [4.78, 5) is 12.5. The molecule has 1 heterocycles. The van der Waals surface area contributed by atoms with Gasteiger partial charge in [0, 0.05) is 23.4 Å². The Hall–Kier alpha value is -2.71. The molecule has 0 bridgehead atoms. The number of hydrogen-bond donors (Lipinski definition) is 2. The average Bonchev–Trinajstić information content (AvgIpc) is 2.66. The molecule has 2 aromatic rings. The van der Waals surface area contributed by atoms with Gasteiger partial charge in [-0.15, -0.1) is 0 Å². The van der Waals surface area contributed by atoms with Gasteiger partial charge in [-0.1, -0.05) is 6.07 Å². The van der Waals surface area contributed by atoms with Gasteiger partial charge in [0.15, 0.2) is 0 Å². The first-order valence-corrected chi connectivity index (χ1v) is 10.2. The summed E-state index contributed by atoms with van der Waals surface area (Å²) < 4.78 is 46.6. The van der Waals surface area contributed by atoms with Crippen LogP contribution >= 0.6 is 0 Å². The molecular weight excluding hydrogens is 383 g/mol. The zero-order valence-electron chi connectivity index (χ0n) is 15.6. The van der Waals surface area contributed by atoms with E-state index in [-0.39, 0.29) is 16.3 Å². The molecule has 0 atom stereocenters. The van der Waals surface area contributed by atoms with Gasteiger partial charge in [0.25, 0.3) is 15.9 Å². The Bertz CT molecular complexity index is 1050. The largest absolute Gasteiger partial charge is 0.377 e. The lowest BCUT2D eigenvalue weighted by atomic mass is 10.2. The summed E-state index contributed by atoms with van der Waals surface area (Å²) in [5.74, 6) is -0.848. The minimum Gasteiger partial charge on any atom is -0.377 e. The Morgan fingerprint density at radius 2 is 1.93 bits per heavy atom. The van der Waals surface area contributed by atoms with Gasteiger partial charge < -0.3 is 10.1 Å². The number of nitrogens with one attached hydrogen (secondary N) is 2. The molecule has 8 heteroatoms. The third-order valence-electron chi connectivity index (χ3n) is 4.41. The van der Waals surface area contributed by atoms with E-state index in [1.54, 1.807) is 6.92 Å². The molecule has 0 radical (unpaired) electrons. The quantitative estimate of drug-likeness (QED) is 0.800. The molecule has 0 aliphatic carbocycles. The van der Waals surface area contributed by atoms with Gasteiger partial charge in [-0.2, -0.15) is 0 Å². The molecule has 0 spiro atoms. The number of carbonyl (C=O) groups excluding carboxylic acids is 1. The van der Waals surface area contributed by atoms with Crippen molar-refractivity contribution in [2.24, 2.45) is 0 Å². The third kappa shape index (κ3) is 4.58. The number of hydrogen-bond acceptors (Lipinski definition) is 4. The van der Waals surface area contributed by atoms with Crippen LogP contribution in [-0.2, 0) is 14.8 Å². The minimum atomic E-state index is -3.83. The van der Waals surface area contributed by atoms with Gasteiger partial charge in [0.1, 0.15) is 5.82 Å². The van der Waals surface area contributed by atoms with E-state index in [2.05, 4.69) is 10.0 Å². The van der Waals surface area contributed by atoms with Crippen molar-refractivity contribution < 1.29 is 22.3 Å². The molecule has 1 amide bonds. The maximum absolute atomic E-state index is 13.4. The molecule has 0 unspecified atom stereocenters. The SMILES string of the molecule is CC1=C(NS(=O)(=O)c2cccc(C(=O)Nc3ccc(F)c(C)c3)c2)CCOC1. The maximum atomic E-state index is 13.4. The number of anilines is 1. The first-order chi connectivity index (χ1) is 13.3. The Balaban J connectivity index is 1.80. The summed E-state index contributed by atoms with van der Waals surface area (Å²) in [6, 6.07) is 9.98. The summed E-state index contributed by atoms with van der Waals surface area (Å²) in [6.45, 7) is 4.24. The third-order valence-corrected chi connectivity index (χ3v) is 5.80. The van der Waals surface area contributed by atoms with Crippen molar-refractivity contribution in [3.05, 3.63) is 70.7 Å². The van der Waals surface area contributed by atoms with Gasteiger partial charge in [-0.05, 0) is 61.4 Å². The molecule has 0 aromatic heterocycles. The Labute approximate surface area is 163 Å². The highest BCUT2D eigenvalue weighted by molar-refractivity contribution is 7.89.